The lowest BCUT2D eigenvalue weighted by atomic mass is 10.3. The minimum atomic E-state index is -3.73. The van der Waals surface area contributed by atoms with Crippen LogP contribution in [0.25, 0.3) is 0 Å². The van der Waals surface area contributed by atoms with Crippen molar-refractivity contribution in [1.82, 2.24) is 4.72 Å². The Labute approximate surface area is 114 Å². The summed E-state index contributed by atoms with van der Waals surface area (Å²) in [5.41, 5.74) is 0. The highest BCUT2D eigenvalue weighted by molar-refractivity contribution is 7.89. The summed E-state index contributed by atoms with van der Waals surface area (Å²) in [6, 6.07) is 6.98. The van der Waals surface area contributed by atoms with Crippen molar-refractivity contribution in [2.45, 2.75) is 11.4 Å². The normalized spacial score (nSPS) is 11.5. The molecule has 7 heteroatoms. The largest absolute Gasteiger partial charge is 0.495 e. The Bertz CT molecular complexity index is 654. The molecule has 19 heavy (non-hydrogen) atoms. The van der Waals surface area contributed by atoms with Gasteiger partial charge in [0.1, 0.15) is 16.5 Å². The lowest BCUT2D eigenvalue weighted by Gasteiger charge is -2.10. The maximum atomic E-state index is 13.0. The summed E-state index contributed by atoms with van der Waals surface area (Å²) in [5, 5.41) is 1.86. The van der Waals surface area contributed by atoms with E-state index in [1.807, 2.05) is 17.5 Å². The summed E-state index contributed by atoms with van der Waals surface area (Å²) in [7, 11) is -2.43. The fraction of sp³-hybridized carbons (Fsp3) is 0.167. The molecule has 0 amide bonds. The van der Waals surface area contributed by atoms with Crippen LogP contribution in [-0.4, -0.2) is 15.5 Å². The molecule has 0 aliphatic rings. The fourth-order valence-electron chi connectivity index (χ4n) is 1.52. The van der Waals surface area contributed by atoms with Crippen molar-refractivity contribution >= 4 is 21.4 Å². The Balaban J connectivity index is 2.24. The van der Waals surface area contributed by atoms with E-state index in [9.17, 15) is 12.8 Å². The summed E-state index contributed by atoms with van der Waals surface area (Å²) >= 11 is 1.45. The third-order valence-corrected chi connectivity index (χ3v) is 4.75. The van der Waals surface area contributed by atoms with Crippen LogP contribution in [0.3, 0.4) is 0 Å². The lowest BCUT2D eigenvalue weighted by molar-refractivity contribution is 0.398. The molecule has 1 aromatic heterocycles. The molecule has 0 atom stereocenters. The van der Waals surface area contributed by atoms with Crippen LogP contribution in [0.4, 0.5) is 4.39 Å². The predicted octanol–water partition coefficient (Wildman–Crippen LogP) is 2.37. The molecule has 0 unspecified atom stereocenters. The van der Waals surface area contributed by atoms with E-state index < -0.39 is 15.8 Å². The highest BCUT2D eigenvalue weighted by atomic mass is 32.2. The fourth-order valence-corrected chi connectivity index (χ4v) is 3.41. The summed E-state index contributed by atoms with van der Waals surface area (Å²) in [6.45, 7) is 0.195. The van der Waals surface area contributed by atoms with E-state index in [4.69, 9.17) is 4.74 Å². The van der Waals surface area contributed by atoms with E-state index in [2.05, 4.69) is 4.72 Å². The first-order valence-electron chi connectivity index (χ1n) is 5.38. The van der Waals surface area contributed by atoms with E-state index in [1.54, 1.807) is 0 Å². The van der Waals surface area contributed by atoms with Crippen molar-refractivity contribution in [2.24, 2.45) is 0 Å². The standard InChI is InChI=1S/C12H12FNO3S2/c1-17-11-7-9(13)4-5-12(11)19(15,16)14-8-10-3-2-6-18-10/h2-7,14H,8H2,1H3. The van der Waals surface area contributed by atoms with Gasteiger partial charge in [-0.25, -0.2) is 17.5 Å². The number of methoxy groups -OCH3 is 1. The number of benzene rings is 1. The van der Waals surface area contributed by atoms with E-state index in [1.165, 1.54) is 24.5 Å². The molecule has 0 bridgehead atoms. The SMILES string of the molecule is COc1cc(F)ccc1S(=O)(=O)NCc1cccs1. The van der Waals surface area contributed by atoms with Gasteiger partial charge < -0.3 is 4.74 Å². The zero-order valence-electron chi connectivity index (χ0n) is 10.1. The monoisotopic (exact) mass is 301 g/mol. The molecule has 0 radical (unpaired) electrons. The summed E-state index contributed by atoms with van der Waals surface area (Å²) in [5.74, 6) is -0.562. The van der Waals surface area contributed by atoms with Crippen molar-refractivity contribution in [3.05, 3.63) is 46.4 Å². The molecule has 2 aromatic rings. The van der Waals surface area contributed by atoms with Crippen molar-refractivity contribution in [3.63, 3.8) is 0 Å². The topological polar surface area (TPSA) is 55.4 Å². The molecular weight excluding hydrogens is 289 g/mol. The molecule has 0 aliphatic heterocycles. The second kappa shape index (κ2) is 5.68. The zero-order valence-corrected chi connectivity index (χ0v) is 11.7. The van der Waals surface area contributed by atoms with Crippen LogP contribution >= 0.6 is 11.3 Å². The van der Waals surface area contributed by atoms with Gasteiger partial charge in [-0.1, -0.05) is 6.07 Å². The van der Waals surface area contributed by atoms with Crippen LogP contribution in [0, 0.1) is 5.82 Å². The maximum absolute atomic E-state index is 13.0. The first kappa shape index (κ1) is 14.0. The molecular formula is C12H12FNO3S2. The molecule has 0 aliphatic carbocycles. The van der Waals surface area contributed by atoms with Crippen molar-refractivity contribution < 1.29 is 17.5 Å². The summed E-state index contributed by atoms with van der Waals surface area (Å²) in [4.78, 5) is 0.817. The average Bonchev–Trinajstić information content (AvgIpc) is 2.89. The van der Waals surface area contributed by atoms with Crippen LogP contribution in [-0.2, 0) is 16.6 Å². The Morgan fingerprint density at radius 1 is 1.37 bits per heavy atom. The summed E-state index contributed by atoms with van der Waals surface area (Å²) in [6.07, 6.45) is 0. The quantitative estimate of drug-likeness (QED) is 0.922. The van der Waals surface area contributed by atoms with Gasteiger partial charge in [-0.15, -0.1) is 11.3 Å². The van der Waals surface area contributed by atoms with Crippen LogP contribution in [0.1, 0.15) is 4.88 Å². The third-order valence-electron chi connectivity index (χ3n) is 2.43. The lowest BCUT2D eigenvalue weighted by Crippen LogP contribution is -2.23. The molecule has 0 spiro atoms. The first-order chi connectivity index (χ1) is 9.03. The average molecular weight is 301 g/mol. The van der Waals surface area contributed by atoms with Crippen molar-refractivity contribution in [1.29, 1.82) is 0 Å². The highest BCUT2D eigenvalue weighted by Gasteiger charge is 2.19. The van der Waals surface area contributed by atoms with E-state index >= 15 is 0 Å². The minimum Gasteiger partial charge on any atom is -0.495 e. The zero-order chi connectivity index (χ0) is 13.9. The molecule has 2 rings (SSSR count). The molecule has 4 nitrogen and oxygen atoms in total. The predicted molar refractivity (Wildman–Crippen MR) is 71.3 cm³/mol. The second-order valence-corrected chi connectivity index (χ2v) is 6.47. The Hall–Kier alpha value is -1.44. The number of halogens is 1. The van der Waals surface area contributed by atoms with Crippen molar-refractivity contribution in [2.75, 3.05) is 7.11 Å². The molecule has 0 saturated heterocycles. The van der Waals surface area contributed by atoms with Crippen LogP contribution in [0.5, 0.6) is 5.75 Å². The number of thiophene rings is 1. The maximum Gasteiger partial charge on any atom is 0.244 e. The van der Waals surface area contributed by atoms with Gasteiger partial charge in [-0.2, -0.15) is 0 Å². The van der Waals surface area contributed by atoms with Crippen LogP contribution < -0.4 is 9.46 Å². The molecule has 1 aromatic carbocycles. The van der Waals surface area contributed by atoms with Crippen LogP contribution in [0.2, 0.25) is 0 Å². The van der Waals surface area contributed by atoms with Crippen LogP contribution in [0.15, 0.2) is 40.6 Å². The van der Waals surface area contributed by atoms with E-state index in [-0.39, 0.29) is 17.2 Å². The smallest absolute Gasteiger partial charge is 0.244 e. The van der Waals surface area contributed by atoms with Gasteiger partial charge in [0.25, 0.3) is 0 Å². The van der Waals surface area contributed by atoms with Gasteiger partial charge in [0.05, 0.1) is 7.11 Å². The van der Waals surface area contributed by atoms with E-state index in [0.717, 1.165) is 17.0 Å². The first-order valence-corrected chi connectivity index (χ1v) is 7.75. The number of ether oxygens (including phenoxy) is 1. The Kier molecular flexibility index (Phi) is 4.18. The number of rotatable bonds is 5. The number of nitrogens with one attached hydrogen (secondary N) is 1. The van der Waals surface area contributed by atoms with Gasteiger partial charge >= 0.3 is 0 Å². The van der Waals surface area contributed by atoms with Gasteiger partial charge in [0.15, 0.2) is 0 Å². The Morgan fingerprint density at radius 3 is 2.79 bits per heavy atom. The molecule has 1 heterocycles. The highest BCUT2D eigenvalue weighted by Crippen LogP contribution is 2.24. The van der Waals surface area contributed by atoms with Crippen molar-refractivity contribution in [3.8, 4) is 5.75 Å². The van der Waals surface area contributed by atoms with Gasteiger partial charge in [0.2, 0.25) is 10.0 Å². The number of hydrogen-bond donors (Lipinski definition) is 1. The van der Waals surface area contributed by atoms with Gasteiger partial charge in [-0.3, -0.25) is 0 Å². The molecule has 0 saturated carbocycles. The van der Waals surface area contributed by atoms with Gasteiger partial charge in [-0.05, 0) is 23.6 Å². The minimum absolute atomic E-state index is 0.0151. The molecule has 1 N–H and O–H groups in total. The molecule has 102 valence electrons. The summed E-state index contributed by atoms with van der Waals surface area (Å²) < 4.78 is 44.6. The number of sulfonamides is 1. The van der Waals surface area contributed by atoms with Gasteiger partial charge in [0, 0.05) is 17.5 Å². The Morgan fingerprint density at radius 2 is 2.16 bits per heavy atom. The third kappa shape index (κ3) is 3.31. The van der Waals surface area contributed by atoms with E-state index in [0.29, 0.717) is 0 Å². The number of hydrogen-bond acceptors (Lipinski definition) is 4. The second-order valence-electron chi connectivity index (χ2n) is 3.70. The molecule has 0 fully saturated rings.